The summed E-state index contributed by atoms with van der Waals surface area (Å²) in [5, 5.41) is 0. The van der Waals surface area contributed by atoms with Crippen molar-refractivity contribution in [2.45, 2.75) is 117 Å². The van der Waals surface area contributed by atoms with E-state index in [1.807, 2.05) is 0 Å². The second kappa shape index (κ2) is 16.7. The van der Waals surface area contributed by atoms with Gasteiger partial charge in [-0.1, -0.05) is 65.2 Å². The Balaban J connectivity index is 3.19. The average molecular weight is 311 g/mol. The summed E-state index contributed by atoms with van der Waals surface area (Å²) in [7, 11) is 0. The summed E-state index contributed by atoms with van der Waals surface area (Å²) in [5.74, 6) is 0.894. The van der Waals surface area contributed by atoms with Crippen LogP contribution in [-0.2, 0) is 9.59 Å². The molecule has 130 valence electrons. The summed E-state index contributed by atoms with van der Waals surface area (Å²) in [6, 6.07) is 0. The normalized spacial score (nSPS) is 10.8. The maximum absolute atomic E-state index is 11.7. The molecule has 0 aromatic heterocycles. The molecule has 0 fully saturated rings. The van der Waals surface area contributed by atoms with Crippen LogP contribution in [0.1, 0.15) is 117 Å². The lowest BCUT2D eigenvalue weighted by Crippen LogP contribution is -1.97. The Hall–Kier alpha value is -0.660. The molecule has 0 rings (SSSR count). The van der Waals surface area contributed by atoms with E-state index in [0.717, 1.165) is 51.4 Å². The Morgan fingerprint density at radius 1 is 0.455 bits per heavy atom. The number of carbonyl (C=O) groups is 2. The Kier molecular flexibility index (Phi) is 16.2. The third-order valence-corrected chi connectivity index (χ3v) is 4.25. The van der Waals surface area contributed by atoms with Crippen LogP contribution in [0.15, 0.2) is 0 Å². The van der Waals surface area contributed by atoms with Crippen LogP contribution < -0.4 is 0 Å². The molecule has 2 nitrogen and oxygen atoms in total. The molecular weight excluding hydrogens is 272 g/mol. The molecule has 2 heteroatoms. The van der Waals surface area contributed by atoms with Crippen LogP contribution in [-0.4, -0.2) is 11.6 Å². The van der Waals surface area contributed by atoms with Crippen LogP contribution in [0, 0.1) is 0 Å². The Morgan fingerprint density at radius 3 is 1.23 bits per heavy atom. The highest BCUT2D eigenvalue weighted by atomic mass is 16.1. The van der Waals surface area contributed by atoms with Crippen LogP contribution in [0.2, 0.25) is 0 Å². The first kappa shape index (κ1) is 21.3. The van der Waals surface area contributed by atoms with Gasteiger partial charge in [-0.25, -0.2) is 0 Å². The maximum Gasteiger partial charge on any atom is 0.132 e. The fourth-order valence-electron chi connectivity index (χ4n) is 2.81. The van der Waals surface area contributed by atoms with Crippen LogP contribution >= 0.6 is 0 Å². The van der Waals surface area contributed by atoms with E-state index >= 15 is 0 Å². The molecule has 0 radical (unpaired) electrons. The predicted octanol–water partition coefficient (Wildman–Crippen LogP) is 6.41. The summed E-state index contributed by atoms with van der Waals surface area (Å²) in [4.78, 5) is 23.0. The molecule has 0 aliphatic carbocycles. The smallest absolute Gasteiger partial charge is 0.132 e. The Morgan fingerprint density at radius 2 is 0.818 bits per heavy atom. The Labute approximate surface area is 138 Å². The molecule has 0 aromatic carbocycles. The molecule has 0 spiro atoms. The molecule has 0 aliphatic rings. The highest BCUT2D eigenvalue weighted by molar-refractivity contribution is 5.78. The third-order valence-electron chi connectivity index (χ3n) is 4.25. The zero-order valence-electron chi connectivity index (χ0n) is 15.1. The summed E-state index contributed by atoms with van der Waals surface area (Å²) in [6.07, 6.45) is 17.2. The zero-order chi connectivity index (χ0) is 16.5. The first-order valence-corrected chi connectivity index (χ1v) is 9.74. The van der Waals surface area contributed by atoms with Gasteiger partial charge in [0.05, 0.1) is 0 Å². The first-order valence-electron chi connectivity index (χ1n) is 9.74. The molecule has 0 N–H and O–H groups in total. The van der Waals surface area contributed by atoms with Crippen LogP contribution in [0.5, 0.6) is 0 Å². The molecule has 22 heavy (non-hydrogen) atoms. The van der Waals surface area contributed by atoms with Gasteiger partial charge in [0.1, 0.15) is 11.6 Å². The monoisotopic (exact) mass is 310 g/mol. The standard InChI is InChI=1S/C20H38O2/c1-3-5-6-12-17-20(22)18-14-11-9-7-8-10-13-16-19(21)15-4-2/h3-18H2,1-2H3. The summed E-state index contributed by atoms with van der Waals surface area (Å²) in [6.45, 7) is 4.26. The van der Waals surface area contributed by atoms with Gasteiger partial charge < -0.3 is 0 Å². The highest BCUT2D eigenvalue weighted by Gasteiger charge is 2.02. The van der Waals surface area contributed by atoms with Crippen molar-refractivity contribution in [1.82, 2.24) is 0 Å². The summed E-state index contributed by atoms with van der Waals surface area (Å²) >= 11 is 0. The molecule has 0 saturated carbocycles. The molecule has 0 aromatic rings. The Bertz CT molecular complexity index is 271. The molecule has 0 amide bonds. The van der Waals surface area contributed by atoms with Gasteiger partial charge in [-0.15, -0.1) is 0 Å². The average Bonchev–Trinajstić information content (AvgIpc) is 2.50. The van der Waals surface area contributed by atoms with Crippen LogP contribution in [0.25, 0.3) is 0 Å². The lowest BCUT2D eigenvalue weighted by molar-refractivity contribution is -0.120. The van der Waals surface area contributed by atoms with Gasteiger partial charge in [-0.3, -0.25) is 9.59 Å². The third kappa shape index (κ3) is 15.7. The van der Waals surface area contributed by atoms with Crippen molar-refractivity contribution in [2.75, 3.05) is 0 Å². The van der Waals surface area contributed by atoms with Crippen molar-refractivity contribution in [3.05, 3.63) is 0 Å². The largest absolute Gasteiger partial charge is 0.300 e. The fourth-order valence-corrected chi connectivity index (χ4v) is 2.81. The van der Waals surface area contributed by atoms with Gasteiger partial charge in [0, 0.05) is 25.7 Å². The van der Waals surface area contributed by atoms with Crippen molar-refractivity contribution in [3.63, 3.8) is 0 Å². The fraction of sp³-hybridized carbons (Fsp3) is 0.900. The van der Waals surface area contributed by atoms with Crippen LogP contribution in [0.3, 0.4) is 0 Å². The van der Waals surface area contributed by atoms with Gasteiger partial charge in [-0.05, 0) is 25.7 Å². The van der Waals surface area contributed by atoms with Crippen molar-refractivity contribution in [1.29, 1.82) is 0 Å². The number of carbonyl (C=O) groups excluding carboxylic acids is 2. The number of Topliss-reactive ketones (excluding diaryl/α,β-unsaturated/α-hetero) is 2. The minimum Gasteiger partial charge on any atom is -0.300 e. The van der Waals surface area contributed by atoms with E-state index in [1.54, 1.807) is 0 Å². The zero-order valence-corrected chi connectivity index (χ0v) is 15.1. The predicted molar refractivity (Wildman–Crippen MR) is 95.2 cm³/mol. The van der Waals surface area contributed by atoms with E-state index in [9.17, 15) is 9.59 Å². The second-order valence-corrected chi connectivity index (χ2v) is 6.61. The first-order chi connectivity index (χ1) is 10.7. The van der Waals surface area contributed by atoms with E-state index in [0.29, 0.717) is 11.6 Å². The van der Waals surface area contributed by atoms with Crippen molar-refractivity contribution < 1.29 is 9.59 Å². The van der Waals surface area contributed by atoms with E-state index < -0.39 is 0 Å². The second-order valence-electron chi connectivity index (χ2n) is 6.61. The number of hydrogen-bond acceptors (Lipinski definition) is 2. The van der Waals surface area contributed by atoms with Crippen molar-refractivity contribution >= 4 is 11.6 Å². The number of ketones is 2. The van der Waals surface area contributed by atoms with Gasteiger partial charge >= 0.3 is 0 Å². The number of rotatable bonds is 17. The summed E-state index contributed by atoms with van der Waals surface area (Å²) in [5.41, 5.74) is 0. The molecule has 0 bridgehead atoms. The number of unbranched alkanes of at least 4 members (excludes halogenated alkanes) is 9. The quantitative estimate of drug-likeness (QED) is 0.291. The molecular formula is C20H38O2. The summed E-state index contributed by atoms with van der Waals surface area (Å²) < 4.78 is 0. The van der Waals surface area contributed by atoms with Gasteiger partial charge in [-0.2, -0.15) is 0 Å². The topological polar surface area (TPSA) is 34.1 Å². The molecule has 0 aliphatic heterocycles. The van der Waals surface area contributed by atoms with E-state index in [4.69, 9.17) is 0 Å². The van der Waals surface area contributed by atoms with Gasteiger partial charge in [0.2, 0.25) is 0 Å². The number of hydrogen-bond donors (Lipinski definition) is 0. The van der Waals surface area contributed by atoms with Crippen LogP contribution in [0.4, 0.5) is 0 Å². The van der Waals surface area contributed by atoms with Crippen molar-refractivity contribution in [3.8, 4) is 0 Å². The van der Waals surface area contributed by atoms with E-state index in [2.05, 4.69) is 13.8 Å². The van der Waals surface area contributed by atoms with Crippen molar-refractivity contribution in [2.24, 2.45) is 0 Å². The molecule has 0 heterocycles. The molecule has 0 atom stereocenters. The van der Waals surface area contributed by atoms with E-state index in [1.165, 1.54) is 51.4 Å². The lowest BCUT2D eigenvalue weighted by atomic mass is 10.0. The van der Waals surface area contributed by atoms with Gasteiger partial charge in [0.25, 0.3) is 0 Å². The molecule has 0 saturated heterocycles. The van der Waals surface area contributed by atoms with Gasteiger partial charge in [0.15, 0.2) is 0 Å². The molecule has 0 unspecified atom stereocenters. The SMILES string of the molecule is CCCCCCC(=O)CCCCCCCCCC(=O)CCC. The van der Waals surface area contributed by atoms with E-state index in [-0.39, 0.29) is 0 Å². The highest BCUT2D eigenvalue weighted by Crippen LogP contribution is 2.12. The maximum atomic E-state index is 11.7. The lowest BCUT2D eigenvalue weighted by Gasteiger charge is -2.03. The minimum absolute atomic E-state index is 0.431. The minimum atomic E-state index is 0.431.